The Morgan fingerprint density at radius 2 is 0.298 bits per heavy atom. The average molecular weight is 729 g/mol. The quantitative estimate of drug-likeness (QED) is 0.288. The molecule has 53 atom stereocenters. The van der Waals surface area contributed by atoms with Crippen LogP contribution in [0.25, 0.3) is 0 Å². The second-order valence-electron chi connectivity index (χ2n) is 35.4. The van der Waals surface area contributed by atoms with E-state index in [1.54, 1.807) is 25.7 Å². The monoisotopic (exact) mass is 728 g/mol. The standard InChI is InChI=1S/C57H44/c1-5-2-8-12-16-20-24-28-32-36-40-38-34-30-26-22-18-14-10-4-6-3-9-13-17-21-25-29-33-37-39-35-31-27-23-19-15-11-7(1)41(5,8)43(11,12)45(15,16)47(19,20)49(23,24)51(27,28)53(31,32)55(35,36)57(39,40)56(37,38)54(33,34)52(29,30)50(25,26)48(21,22)46(17,18)44(13,14)42(6,9)10/h5-40H,1-4H2/t5?,6?,7-,8?,9+,10?,11-,12?,13+,14?,15-,16?,17+,18?,19-,20?,21+,22?,23-,24?,25+,26?,27-,28?,29+,30?,31-,32?,33?,34?,35-,36?,37+,38?,39?,40?,41?,42?,43?,44?,45?,46?,47?,48?,49?,50?,51?,52?,53?,54?,55?,56?,57?/m0/s1. The maximum absolute atomic E-state index is 1.77. The van der Waals surface area contributed by atoms with E-state index in [2.05, 4.69) is 0 Å². The molecule has 36 aliphatic carbocycles. The molecular weight excluding hydrogens is 685 g/mol. The van der Waals surface area contributed by atoms with Crippen LogP contribution in [-0.2, 0) is 0 Å². The maximum Gasteiger partial charge on any atom is -0.00932 e. The minimum atomic E-state index is 1.07. The van der Waals surface area contributed by atoms with E-state index in [-0.39, 0.29) is 0 Å². The fourth-order valence-corrected chi connectivity index (χ4v) is 53.7. The van der Waals surface area contributed by atoms with Crippen LogP contribution in [0, 0.1) is 305 Å². The van der Waals surface area contributed by atoms with Crippen LogP contribution in [0.1, 0.15) is 25.7 Å². The van der Waals surface area contributed by atoms with Gasteiger partial charge in [-0.2, -0.15) is 0 Å². The molecule has 0 aromatic carbocycles. The van der Waals surface area contributed by atoms with E-state index < -0.39 is 0 Å². The summed E-state index contributed by atoms with van der Waals surface area (Å²) in [5, 5.41) is 0. The van der Waals surface area contributed by atoms with Gasteiger partial charge in [-0.1, -0.05) is 0 Å². The largest absolute Gasteiger partial charge is 0.0461 e. The van der Waals surface area contributed by atoms with Crippen molar-refractivity contribution in [2.45, 2.75) is 25.7 Å². The molecule has 36 fully saturated rings. The second-order valence-corrected chi connectivity index (χ2v) is 35.4. The first-order valence-corrected chi connectivity index (χ1v) is 28.3. The highest BCUT2D eigenvalue weighted by atomic mass is 15.4. The van der Waals surface area contributed by atoms with E-state index >= 15 is 0 Å². The molecule has 57 heavy (non-hydrogen) atoms. The van der Waals surface area contributed by atoms with E-state index in [9.17, 15) is 0 Å². The molecule has 0 amide bonds. The van der Waals surface area contributed by atoms with Crippen LogP contribution in [0.4, 0.5) is 0 Å². The van der Waals surface area contributed by atoms with Gasteiger partial charge in [0.25, 0.3) is 0 Å². The Morgan fingerprint density at radius 1 is 0.158 bits per heavy atom. The second kappa shape index (κ2) is 3.70. The summed E-state index contributed by atoms with van der Waals surface area (Å²) in [6.07, 6.45) is 7.06. The van der Waals surface area contributed by atoms with Crippen LogP contribution in [0.2, 0.25) is 0 Å². The molecule has 0 heteroatoms. The summed E-state index contributed by atoms with van der Waals surface area (Å²) in [6, 6.07) is 0. The first kappa shape index (κ1) is 21.1. The Morgan fingerprint density at radius 3 is 0.456 bits per heavy atom. The van der Waals surface area contributed by atoms with E-state index in [0.717, 1.165) is 92.1 Å². The summed E-state index contributed by atoms with van der Waals surface area (Å²) in [5.74, 6) is 49.6. The van der Waals surface area contributed by atoms with Crippen molar-refractivity contribution in [2.24, 2.45) is 305 Å². The minimum absolute atomic E-state index is 1.07. The lowest BCUT2D eigenvalue weighted by Crippen LogP contribution is -3.39. The van der Waals surface area contributed by atoms with Gasteiger partial charge in [-0.15, -0.1) is 0 Å². The number of rotatable bonds is 0. The van der Waals surface area contributed by atoms with E-state index in [4.69, 9.17) is 0 Å². The summed E-state index contributed by atoms with van der Waals surface area (Å²) >= 11 is 0. The lowest BCUT2D eigenvalue weighted by Gasteiger charge is -3.41. The van der Waals surface area contributed by atoms with E-state index in [1.165, 1.54) is 213 Å². The number of hydrogen-bond acceptors (Lipinski definition) is 0. The lowest BCUT2D eigenvalue weighted by atomic mass is 8.62. The van der Waals surface area contributed by atoms with Crippen molar-refractivity contribution >= 4 is 0 Å². The van der Waals surface area contributed by atoms with Gasteiger partial charge in [-0.3, -0.25) is 0 Å². The SMILES string of the molecule is C1C2C[C@@H]3[C@@H]4[C@@H]5[C@@H]6[C@@H]7[C@@H]8C9[C@@H]%10C%11[C@@H]%12[C@@H]%13[C@@H]%14[C@@H]%15[C@@H]%16[C@@H]%17[C@@H]%18[C@@H]%19CC%20CC%21C%22C%23C%24C%25C%26C%27C%28C%29C%30C%31C%32C%33C%34C%35C%36C1C23C%364C%355C%346C%337C%328C%319C%30%10C%29%11C%28%12C%27%13C%26%14C%25%15C%24%16C%23%17C%22%18C%20%21%19. The zero-order valence-corrected chi connectivity index (χ0v) is 32.1. The van der Waals surface area contributed by atoms with Crippen molar-refractivity contribution in [3.05, 3.63) is 0 Å². The van der Waals surface area contributed by atoms with Crippen LogP contribution in [0.3, 0.4) is 0 Å². The molecule has 0 bridgehead atoms. The van der Waals surface area contributed by atoms with Crippen LogP contribution in [0.15, 0.2) is 0 Å². The van der Waals surface area contributed by atoms with Crippen molar-refractivity contribution in [1.82, 2.24) is 0 Å². The van der Waals surface area contributed by atoms with Crippen LogP contribution in [0.5, 0.6) is 0 Å². The predicted octanol–water partition coefficient (Wildman–Crippen LogP) is 5.99. The minimum Gasteiger partial charge on any atom is -0.0461 e. The Balaban J connectivity index is 0.585. The van der Waals surface area contributed by atoms with Crippen molar-refractivity contribution < 1.29 is 0 Å². The van der Waals surface area contributed by atoms with Crippen LogP contribution < -0.4 is 0 Å². The maximum atomic E-state index is 1.77. The summed E-state index contributed by atoms with van der Waals surface area (Å²) in [4.78, 5) is 0. The zero-order chi connectivity index (χ0) is 32.1. The molecule has 272 valence electrons. The van der Waals surface area contributed by atoms with Crippen molar-refractivity contribution in [1.29, 1.82) is 0 Å². The first-order valence-electron chi connectivity index (χ1n) is 28.3. The van der Waals surface area contributed by atoms with Gasteiger partial charge in [-0.25, -0.2) is 0 Å². The molecule has 36 rings (SSSR count). The molecule has 0 aromatic heterocycles. The van der Waals surface area contributed by atoms with Crippen molar-refractivity contribution in [3.8, 4) is 0 Å². The average Bonchev–Trinajstić information content (AvgIpc) is 3.07. The third-order valence-electron chi connectivity index (χ3n) is 45.3. The molecule has 0 saturated heterocycles. The Labute approximate surface area is 329 Å². The molecule has 0 radical (unpaired) electrons. The van der Waals surface area contributed by atoms with Gasteiger partial charge < -0.3 is 0 Å². The molecule has 0 nitrogen and oxygen atoms in total. The highest BCUT2D eigenvalue weighted by molar-refractivity contribution is 5.87. The molecular formula is C57H44. The zero-order valence-electron chi connectivity index (χ0n) is 32.1. The smallest absolute Gasteiger partial charge is 0.00932 e. The summed E-state index contributed by atoms with van der Waals surface area (Å²) in [6.45, 7) is 0. The number of hydrogen-bond donors (Lipinski definition) is 0. The fraction of sp³-hybridized carbons (Fsp3) is 1.00. The topological polar surface area (TPSA) is 0 Å². The molecule has 0 N–H and O–H groups in total. The Kier molecular flexibility index (Phi) is 1.37. The van der Waals surface area contributed by atoms with Gasteiger partial charge in [-0.05, 0) is 331 Å². The highest BCUT2D eigenvalue weighted by Crippen LogP contribution is 3.43. The summed E-state index contributed by atoms with van der Waals surface area (Å²) in [5.41, 5.74) is 18.6. The molecule has 17 spiro atoms. The molecule has 0 heterocycles. The normalized spacial score (nSPS) is 127. The van der Waals surface area contributed by atoms with Gasteiger partial charge in [0.05, 0.1) is 0 Å². The van der Waals surface area contributed by atoms with E-state index in [1.807, 2.05) is 0 Å². The summed E-state index contributed by atoms with van der Waals surface area (Å²) in [7, 11) is 0. The first-order chi connectivity index (χ1) is 28.3. The van der Waals surface area contributed by atoms with Crippen molar-refractivity contribution in [3.63, 3.8) is 0 Å². The van der Waals surface area contributed by atoms with Gasteiger partial charge >= 0.3 is 0 Å². The Hall–Kier alpha value is 0. The van der Waals surface area contributed by atoms with Gasteiger partial charge in [0.15, 0.2) is 0 Å². The summed E-state index contributed by atoms with van der Waals surface area (Å²) < 4.78 is 0. The van der Waals surface area contributed by atoms with Gasteiger partial charge in [0.1, 0.15) is 0 Å². The Bertz CT molecular complexity index is 2930. The van der Waals surface area contributed by atoms with Crippen LogP contribution in [-0.4, -0.2) is 0 Å². The van der Waals surface area contributed by atoms with Crippen LogP contribution >= 0.6 is 0 Å². The molecule has 36 saturated carbocycles. The molecule has 38 unspecified atom stereocenters. The number of fused-ring (bicyclic) bond motifs is 32. The van der Waals surface area contributed by atoms with Gasteiger partial charge in [0, 0.05) is 0 Å². The fourth-order valence-electron chi connectivity index (χ4n) is 53.7. The van der Waals surface area contributed by atoms with Crippen molar-refractivity contribution in [2.75, 3.05) is 0 Å². The highest BCUT2D eigenvalue weighted by Gasteiger charge is 3.42. The molecule has 36 aliphatic rings. The predicted molar refractivity (Wildman–Crippen MR) is 185 cm³/mol. The third kappa shape index (κ3) is 0.643. The lowest BCUT2D eigenvalue weighted by molar-refractivity contribution is -0.954. The van der Waals surface area contributed by atoms with Gasteiger partial charge in [0.2, 0.25) is 0 Å². The van der Waals surface area contributed by atoms with E-state index in [0.29, 0.717) is 0 Å². The third-order valence-corrected chi connectivity index (χ3v) is 45.3. The molecule has 0 aliphatic heterocycles. The molecule has 0 aromatic rings.